The van der Waals surface area contributed by atoms with Crippen molar-refractivity contribution in [3.05, 3.63) is 101 Å². The van der Waals surface area contributed by atoms with Gasteiger partial charge in [0, 0.05) is 30.3 Å². The summed E-state index contributed by atoms with van der Waals surface area (Å²) in [6.45, 7) is 0.664. The number of ether oxygens (including phenoxy) is 1. The van der Waals surface area contributed by atoms with E-state index in [0.29, 0.717) is 4.88 Å². The minimum absolute atomic E-state index is 0.140. The fourth-order valence-electron chi connectivity index (χ4n) is 5.21. The Morgan fingerprint density at radius 2 is 1.88 bits per heavy atom. The number of Topliss-reactive ketones (excluding diaryl/α,β-unsaturated/α-hetero) is 1. The van der Waals surface area contributed by atoms with E-state index < -0.39 is 68.9 Å². The van der Waals surface area contributed by atoms with Crippen LogP contribution >= 0.6 is 22.9 Å². The molecule has 1 aromatic carbocycles. The fraction of sp³-hybridized carbons (Fsp3) is 0.320. The highest BCUT2D eigenvalue weighted by molar-refractivity contribution is 7.15. The van der Waals surface area contributed by atoms with Crippen molar-refractivity contribution >= 4 is 40.4 Å². The van der Waals surface area contributed by atoms with Gasteiger partial charge >= 0.3 is 12.1 Å². The van der Waals surface area contributed by atoms with Gasteiger partial charge < -0.3 is 19.4 Å². The van der Waals surface area contributed by atoms with Gasteiger partial charge in [-0.3, -0.25) is 29.8 Å². The standard InChI is InChI=1S/C25H21ClF3N5O8S/c1-3-41-22(36)24(21(35)25(27,28)29)17(16-5-4-10-42-16)18(34(39)40)20(30-11-15-12-31-23(26)43-15)32(2)19(24)13-6-8-14(9-7-13)33(37)38/h4-10,12,17,19,30H,3,11H2,1-2H3. The molecule has 0 bridgehead atoms. The first-order valence-corrected chi connectivity index (χ1v) is 13.5. The zero-order chi connectivity index (χ0) is 31.7. The molecule has 0 fully saturated rings. The number of nitrogens with zero attached hydrogens (tertiary/aromatic N) is 4. The molecule has 0 spiro atoms. The number of allylic oxidation sites excluding steroid dienone is 1. The predicted molar refractivity (Wildman–Crippen MR) is 143 cm³/mol. The van der Waals surface area contributed by atoms with Gasteiger partial charge in [0.2, 0.25) is 0 Å². The Kier molecular flexibility index (Phi) is 8.77. The van der Waals surface area contributed by atoms with Crippen molar-refractivity contribution < 1.29 is 41.8 Å². The molecule has 43 heavy (non-hydrogen) atoms. The lowest BCUT2D eigenvalue weighted by molar-refractivity contribution is -0.438. The normalized spacial score (nSPS) is 20.6. The quantitative estimate of drug-likeness (QED) is 0.137. The number of thiazole rings is 1. The van der Waals surface area contributed by atoms with E-state index in [2.05, 4.69) is 10.3 Å². The Labute approximate surface area is 249 Å². The second-order valence-electron chi connectivity index (χ2n) is 9.15. The van der Waals surface area contributed by atoms with Gasteiger partial charge in [-0.2, -0.15) is 13.2 Å². The largest absolute Gasteiger partial charge is 0.468 e. The topological polar surface area (TPSA) is 171 Å². The van der Waals surface area contributed by atoms with Crippen LogP contribution in [0.4, 0.5) is 18.9 Å². The van der Waals surface area contributed by atoms with Crippen LogP contribution < -0.4 is 5.32 Å². The summed E-state index contributed by atoms with van der Waals surface area (Å²) in [6.07, 6.45) is -3.31. The molecule has 228 valence electrons. The number of esters is 1. The molecule has 3 unspecified atom stereocenters. The number of halogens is 4. The van der Waals surface area contributed by atoms with Crippen LogP contribution in [-0.4, -0.2) is 51.3 Å². The molecule has 1 N–H and O–H groups in total. The Morgan fingerprint density at radius 3 is 2.37 bits per heavy atom. The smallest absolute Gasteiger partial charge is 0.451 e. The Balaban J connectivity index is 2.12. The first-order valence-electron chi connectivity index (χ1n) is 12.3. The molecule has 3 atom stereocenters. The second-order valence-corrected chi connectivity index (χ2v) is 10.8. The fourth-order valence-corrected chi connectivity index (χ4v) is 6.13. The predicted octanol–water partition coefficient (Wildman–Crippen LogP) is 4.98. The first-order chi connectivity index (χ1) is 20.2. The lowest BCUT2D eigenvalue weighted by Gasteiger charge is -2.49. The number of ketones is 1. The number of alkyl halides is 3. The average molecular weight is 644 g/mol. The van der Waals surface area contributed by atoms with Crippen molar-refractivity contribution in [2.45, 2.75) is 31.6 Å². The van der Waals surface area contributed by atoms with Gasteiger partial charge in [0.25, 0.3) is 17.2 Å². The molecule has 0 aliphatic carbocycles. The summed E-state index contributed by atoms with van der Waals surface area (Å²) in [4.78, 5) is 55.1. The highest BCUT2D eigenvalue weighted by Crippen LogP contribution is 2.59. The number of nitro benzene ring substituents is 1. The summed E-state index contributed by atoms with van der Waals surface area (Å²) in [6, 6.07) is 4.45. The number of carbonyl (C=O) groups is 2. The number of carbonyl (C=O) groups excluding carboxylic acids is 2. The van der Waals surface area contributed by atoms with E-state index in [1.54, 1.807) is 0 Å². The van der Waals surface area contributed by atoms with Crippen molar-refractivity contribution in [3.63, 3.8) is 0 Å². The molecule has 0 saturated heterocycles. The van der Waals surface area contributed by atoms with E-state index >= 15 is 0 Å². The third-order valence-electron chi connectivity index (χ3n) is 6.79. The number of non-ortho nitro benzene ring substituents is 1. The van der Waals surface area contributed by atoms with E-state index in [4.69, 9.17) is 20.8 Å². The molecule has 0 radical (unpaired) electrons. The first kappa shape index (κ1) is 31.4. The van der Waals surface area contributed by atoms with Gasteiger partial charge in [-0.25, -0.2) is 4.98 Å². The molecule has 3 heterocycles. The summed E-state index contributed by atoms with van der Waals surface area (Å²) in [7, 11) is 1.15. The number of hydrogen-bond donors (Lipinski definition) is 1. The zero-order valence-corrected chi connectivity index (χ0v) is 23.7. The molecule has 13 nitrogen and oxygen atoms in total. The third kappa shape index (κ3) is 5.64. The lowest BCUT2D eigenvalue weighted by Crippen LogP contribution is -2.62. The second kappa shape index (κ2) is 12.0. The van der Waals surface area contributed by atoms with Crippen molar-refractivity contribution in [3.8, 4) is 0 Å². The molecule has 18 heteroatoms. The van der Waals surface area contributed by atoms with E-state index in [0.717, 1.165) is 59.9 Å². The maximum absolute atomic E-state index is 14.6. The zero-order valence-electron chi connectivity index (χ0n) is 22.2. The molecule has 1 aliphatic rings. The van der Waals surface area contributed by atoms with Crippen molar-refractivity contribution in [1.29, 1.82) is 0 Å². The number of rotatable bonds is 10. The van der Waals surface area contributed by atoms with Gasteiger partial charge in [-0.1, -0.05) is 23.7 Å². The molecular weight excluding hydrogens is 623 g/mol. The van der Waals surface area contributed by atoms with Crippen LogP contribution in [0.15, 0.2) is 64.8 Å². The van der Waals surface area contributed by atoms with Crippen LogP contribution in [0.5, 0.6) is 0 Å². The van der Waals surface area contributed by atoms with Gasteiger partial charge in [-0.05, 0) is 24.6 Å². The van der Waals surface area contributed by atoms with E-state index in [-0.39, 0.29) is 22.4 Å². The summed E-state index contributed by atoms with van der Waals surface area (Å²) >= 11 is 6.92. The molecule has 0 amide bonds. The number of aromatic nitrogens is 1. The SMILES string of the molecule is CCOC(=O)C1(C(=O)C(F)(F)F)C(c2ccco2)C([N+](=O)[O-])=C(NCc2cnc(Cl)s2)N(C)C1c1ccc([N+](=O)[O-])cc1. The summed E-state index contributed by atoms with van der Waals surface area (Å²) in [5.74, 6) is -7.49. The highest BCUT2D eigenvalue weighted by atomic mass is 35.5. The monoisotopic (exact) mass is 643 g/mol. The van der Waals surface area contributed by atoms with Crippen LogP contribution in [0.1, 0.15) is 35.1 Å². The van der Waals surface area contributed by atoms with Crippen molar-refractivity contribution in [2.24, 2.45) is 5.41 Å². The number of hydrogen-bond acceptors (Lipinski definition) is 12. The van der Waals surface area contributed by atoms with E-state index in [9.17, 15) is 43.0 Å². The van der Waals surface area contributed by atoms with Crippen molar-refractivity contribution in [2.75, 3.05) is 13.7 Å². The van der Waals surface area contributed by atoms with Crippen LogP contribution in [0.25, 0.3) is 0 Å². The highest BCUT2D eigenvalue weighted by Gasteiger charge is 2.73. The minimum atomic E-state index is -5.70. The Bertz CT molecular complexity index is 1580. The van der Waals surface area contributed by atoms with Crippen LogP contribution in [0, 0.1) is 25.6 Å². The maximum Gasteiger partial charge on any atom is 0.451 e. The summed E-state index contributed by atoms with van der Waals surface area (Å²) < 4.78 is 54.3. The minimum Gasteiger partial charge on any atom is -0.468 e. The summed E-state index contributed by atoms with van der Waals surface area (Å²) in [5, 5.41) is 26.9. The van der Waals surface area contributed by atoms with E-state index in [1.165, 1.54) is 19.2 Å². The lowest BCUT2D eigenvalue weighted by atomic mass is 9.60. The van der Waals surface area contributed by atoms with Gasteiger partial charge in [0.05, 0.1) is 35.3 Å². The number of furan rings is 1. The van der Waals surface area contributed by atoms with Crippen LogP contribution in [-0.2, 0) is 20.9 Å². The van der Waals surface area contributed by atoms with Gasteiger partial charge in [0.1, 0.15) is 11.7 Å². The molecule has 0 saturated carbocycles. The van der Waals surface area contributed by atoms with Crippen LogP contribution in [0.2, 0.25) is 4.47 Å². The number of nitrogens with one attached hydrogen (secondary N) is 1. The Morgan fingerprint density at radius 1 is 1.21 bits per heavy atom. The number of benzene rings is 1. The number of nitro groups is 2. The van der Waals surface area contributed by atoms with Crippen molar-refractivity contribution in [1.82, 2.24) is 15.2 Å². The summed E-state index contributed by atoms with van der Waals surface area (Å²) in [5.41, 5.74) is -5.00. The van der Waals surface area contributed by atoms with E-state index in [1.807, 2.05) is 0 Å². The third-order valence-corrected chi connectivity index (χ3v) is 7.90. The molecule has 1 aliphatic heterocycles. The molecular formula is C25H21ClF3N5O8S. The van der Waals surface area contributed by atoms with Crippen LogP contribution in [0.3, 0.4) is 0 Å². The molecule has 4 rings (SSSR count). The Hall–Kier alpha value is -4.51. The maximum atomic E-state index is 14.6. The molecule has 3 aromatic rings. The van der Waals surface area contributed by atoms with Gasteiger partial charge in [-0.15, -0.1) is 11.3 Å². The molecule has 2 aromatic heterocycles. The average Bonchev–Trinajstić information content (AvgIpc) is 3.62. The van der Waals surface area contributed by atoms with Gasteiger partial charge in [0.15, 0.2) is 15.7 Å².